The summed E-state index contributed by atoms with van der Waals surface area (Å²) in [7, 11) is 0. The first-order chi connectivity index (χ1) is 5.09. The van der Waals surface area contributed by atoms with Crippen LogP contribution in [0.25, 0.3) is 0 Å². The summed E-state index contributed by atoms with van der Waals surface area (Å²) in [6.45, 7) is 5.87. The van der Waals surface area contributed by atoms with Crippen molar-refractivity contribution in [3.63, 3.8) is 0 Å². The second-order valence-electron chi connectivity index (χ2n) is 3.10. The van der Waals surface area contributed by atoms with Crippen LogP contribution in [0.3, 0.4) is 0 Å². The van der Waals surface area contributed by atoms with Crippen molar-refractivity contribution in [1.29, 1.82) is 0 Å². The number of aliphatic hydroxyl groups excluding tert-OH is 1. The van der Waals surface area contributed by atoms with Gasteiger partial charge < -0.3 is 5.11 Å². The highest BCUT2D eigenvalue weighted by molar-refractivity contribution is 5.29. The van der Waals surface area contributed by atoms with E-state index in [-0.39, 0.29) is 6.10 Å². The normalized spacial score (nSPS) is 13.1. The number of aliphatic hydroxyl groups is 1. The molecule has 0 aromatic heterocycles. The Morgan fingerprint density at radius 3 is 1.91 bits per heavy atom. The van der Waals surface area contributed by atoms with Crippen LogP contribution < -0.4 is 0 Å². The highest BCUT2D eigenvalue weighted by Gasteiger charge is 2.00. The smallest absolute Gasteiger partial charge is 0.0762 e. The topological polar surface area (TPSA) is 20.2 Å². The first-order valence-corrected chi connectivity index (χ1v) is 3.86. The highest BCUT2D eigenvalue weighted by atomic mass is 16.3. The van der Waals surface area contributed by atoms with Crippen molar-refractivity contribution in [2.45, 2.75) is 26.9 Å². The van der Waals surface area contributed by atoms with Gasteiger partial charge in [0.15, 0.2) is 0 Å². The minimum absolute atomic E-state index is 0.353. The fourth-order valence-corrected chi connectivity index (χ4v) is 1.25. The number of benzene rings is 1. The van der Waals surface area contributed by atoms with Gasteiger partial charge in [-0.15, -0.1) is 0 Å². The van der Waals surface area contributed by atoms with Gasteiger partial charge in [0.1, 0.15) is 0 Å². The summed E-state index contributed by atoms with van der Waals surface area (Å²) in [5.74, 6) is 0. The van der Waals surface area contributed by atoms with E-state index in [1.807, 2.05) is 26.0 Å². The van der Waals surface area contributed by atoms with Gasteiger partial charge in [-0.25, -0.2) is 0 Å². The summed E-state index contributed by atoms with van der Waals surface area (Å²) in [6, 6.07) is 6.13. The molecule has 1 atom stereocenters. The summed E-state index contributed by atoms with van der Waals surface area (Å²) >= 11 is 0. The lowest BCUT2D eigenvalue weighted by molar-refractivity contribution is 0.199. The van der Waals surface area contributed by atoms with E-state index in [9.17, 15) is 5.11 Å². The third-order valence-corrected chi connectivity index (χ3v) is 1.73. The molecule has 0 heterocycles. The fraction of sp³-hybridized carbons (Fsp3) is 0.400. The third kappa shape index (κ3) is 2.05. The minimum Gasteiger partial charge on any atom is -0.389 e. The van der Waals surface area contributed by atoms with Gasteiger partial charge in [0.2, 0.25) is 0 Å². The van der Waals surface area contributed by atoms with Crippen molar-refractivity contribution < 1.29 is 5.11 Å². The van der Waals surface area contributed by atoms with Crippen LogP contribution in [0.4, 0.5) is 0 Å². The molecule has 0 bridgehead atoms. The predicted molar refractivity (Wildman–Crippen MR) is 46.5 cm³/mol. The van der Waals surface area contributed by atoms with Crippen LogP contribution in [0.5, 0.6) is 0 Å². The van der Waals surface area contributed by atoms with E-state index in [4.69, 9.17) is 0 Å². The van der Waals surface area contributed by atoms with Gasteiger partial charge in [0.05, 0.1) is 6.10 Å². The van der Waals surface area contributed by atoms with E-state index >= 15 is 0 Å². The minimum atomic E-state index is -0.353. The summed E-state index contributed by atoms with van der Waals surface area (Å²) in [5, 5.41) is 9.27. The van der Waals surface area contributed by atoms with E-state index in [0.717, 1.165) is 5.56 Å². The van der Waals surface area contributed by atoms with Crippen LogP contribution in [0.2, 0.25) is 0 Å². The van der Waals surface area contributed by atoms with Gasteiger partial charge in [-0.05, 0) is 26.3 Å². The zero-order valence-corrected chi connectivity index (χ0v) is 7.26. The average Bonchev–Trinajstić information content (AvgIpc) is 1.85. The van der Waals surface area contributed by atoms with Crippen molar-refractivity contribution in [2.24, 2.45) is 0 Å². The van der Waals surface area contributed by atoms with E-state index in [1.54, 1.807) is 6.92 Å². The standard InChI is InChI=1S/C10H14O/c1-7-4-8(2)6-10(5-7)9(3)11/h4-6,9,11H,1-3H3/t9-/m1/s1. The molecule has 1 aromatic rings. The van der Waals surface area contributed by atoms with Crippen LogP contribution in [-0.2, 0) is 0 Å². The predicted octanol–water partition coefficient (Wildman–Crippen LogP) is 2.36. The van der Waals surface area contributed by atoms with Gasteiger partial charge in [0.25, 0.3) is 0 Å². The zero-order chi connectivity index (χ0) is 8.43. The molecule has 60 valence electrons. The first-order valence-electron chi connectivity index (χ1n) is 3.86. The summed E-state index contributed by atoms with van der Waals surface area (Å²) < 4.78 is 0. The molecule has 0 unspecified atom stereocenters. The lowest BCUT2D eigenvalue weighted by Crippen LogP contribution is -1.92. The Morgan fingerprint density at radius 1 is 1.09 bits per heavy atom. The molecule has 0 saturated heterocycles. The van der Waals surface area contributed by atoms with Crippen LogP contribution in [0, 0.1) is 13.8 Å². The third-order valence-electron chi connectivity index (χ3n) is 1.73. The highest BCUT2D eigenvalue weighted by Crippen LogP contribution is 2.15. The summed E-state index contributed by atoms with van der Waals surface area (Å²) in [6.07, 6.45) is -0.353. The van der Waals surface area contributed by atoms with Gasteiger partial charge >= 0.3 is 0 Å². The molecule has 0 radical (unpaired) electrons. The van der Waals surface area contributed by atoms with Gasteiger partial charge in [-0.2, -0.15) is 0 Å². The quantitative estimate of drug-likeness (QED) is 0.651. The maximum Gasteiger partial charge on any atom is 0.0762 e. The molecule has 1 aromatic carbocycles. The monoisotopic (exact) mass is 150 g/mol. The van der Waals surface area contributed by atoms with Crippen molar-refractivity contribution >= 4 is 0 Å². The second-order valence-corrected chi connectivity index (χ2v) is 3.10. The molecule has 1 heteroatoms. The molecule has 11 heavy (non-hydrogen) atoms. The average molecular weight is 150 g/mol. The first kappa shape index (κ1) is 8.28. The molecule has 1 N–H and O–H groups in total. The van der Waals surface area contributed by atoms with Crippen LogP contribution in [0.1, 0.15) is 29.7 Å². The van der Waals surface area contributed by atoms with Crippen molar-refractivity contribution in [1.82, 2.24) is 0 Å². The molecule has 0 fully saturated rings. The Hall–Kier alpha value is -0.820. The maximum absolute atomic E-state index is 9.27. The van der Waals surface area contributed by atoms with Crippen molar-refractivity contribution in [3.05, 3.63) is 34.9 Å². The molecule has 0 aliphatic rings. The lowest BCUT2D eigenvalue weighted by Gasteiger charge is -2.06. The number of hydrogen-bond acceptors (Lipinski definition) is 1. The van der Waals surface area contributed by atoms with Gasteiger partial charge in [0, 0.05) is 0 Å². The molecule has 0 saturated carbocycles. The molecule has 0 aliphatic carbocycles. The number of hydrogen-bond donors (Lipinski definition) is 1. The Kier molecular flexibility index (Phi) is 2.30. The molecular weight excluding hydrogens is 136 g/mol. The second kappa shape index (κ2) is 3.05. The number of aryl methyl sites for hydroxylation is 2. The van der Waals surface area contributed by atoms with E-state index in [2.05, 4.69) is 6.07 Å². The maximum atomic E-state index is 9.27. The summed E-state index contributed by atoms with van der Waals surface area (Å²) in [5.41, 5.74) is 3.42. The van der Waals surface area contributed by atoms with Crippen molar-refractivity contribution in [3.8, 4) is 0 Å². The van der Waals surface area contributed by atoms with E-state index in [0.29, 0.717) is 0 Å². The lowest BCUT2D eigenvalue weighted by atomic mass is 10.0. The number of rotatable bonds is 1. The SMILES string of the molecule is Cc1cc(C)cc([C@@H](C)O)c1. The van der Waals surface area contributed by atoms with Crippen LogP contribution >= 0.6 is 0 Å². The Morgan fingerprint density at radius 2 is 1.55 bits per heavy atom. The Balaban J connectivity index is 3.08. The van der Waals surface area contributed by atoms with E-state index in [1.165, 1.54) is 11.1 Å². The van der Waals surface area contributed by atoms with Crippen LogP contribution in [0.15, 0.2) is 18.2 Å². The van der Waals surface area contributed by atoms with Crippen molar-refractivity contribution in [2.75, 3.05) is 0 Å². The fourth-order valence-electron chi connectivity index (χ4n) is 1.25. The molecular formula is C10H14O. The summed E-state index contributed by atoms with van der Waals surface area (Å²) in [4.78, 5) is 0. The molecule has 0 aliphatic heterocycles. The van der Waals surface area contributed by atoms with Crippen LogP contribution in [-0.4, -0.2) is 5.11 Å². The van der Waals surface area contributed by atoms with E-state index < -0.39 is 0 Å². The zero-order valence-electron chi connectivity index (χ0n) is 7.26. The molecule has 1 nitrogen and oxygen atoms in total. The molecule has 1 rings (SSSR count). The largest absolute Gasteiger partial charge is 0.389 e. The Bertz CT molecular complexity index is 231. The van der Waals surface area contributed by atoms with Gasteiger partial charge in [-0.1, -0.05) is 29.3 Å². The van der Waals surface area contributed by atoms with Gasteiger partial charge in [-0.3, -0.25) is 0 Å². The molecule has 0 spiro atoms. The molecule has 0 amide bonds. The Labute approximate surface area is 67.7 Å².